The van der Waals surface area contributed by atoms with Crippen LogP contribution in [0, 0.1) is 0 Å². The predicted molar refractivity (Wildman–Crippen MR) is 44.4 cm³/mol. The lowest BCUT2D eigenvalue weighted by Crippen LogP contribution is -2.19. The standard InChI is InChI=1S/C8H12N2O/c1-7(6-11)10-8-4-2-3-5-9-8/h2-5,7,11H,6H2,1H3,(H,9,10)/t7-/m1/s1. The number of hydrogen-bond acceptors (Lipinski definition) is 3. The van der Waals surface area contributed by atoms with Crippen LogP contribution in [0.3, 0.4) is 0 Å². The quantitative estimate of drug-likeness (QED) is 0.675. The van der Waals surface area contributed by atoms with E-state index in [4.69, 9.17) is 5.11 Å². The minimum Gasteiger partial charge on any atom is -0.394 e. The number of aliphatic hydroxyl groups excluding tert-OH is 1. The lowest BCUT2D eigenvalue weighted by Gasteiger charge is -2.10. The number of aromatic nitrogens is 1. The first-order chi connectivity index (χ1) is 5.33. The topological polar surface area (TPSA) is 45.1 Å². The summed E-state index contributed by atoms with van der Waals surface area (Å²) in [6.07, 6.45) is 1.71. The first-order valence-corrected chi connectivity index (χ1v) is 3.61. The Hall–Kier alpha value is -1.09. The highest BCUT2D eigenvalue weighted by Crippen LogP contribution is 2.01. The summed E-state index contributed by atoms with van der Waals surface area (Å²) < 4.78 is 0. The summed E-state index contributed by atoms with van der Waals surface area (Å²) in [7, 11) is 0. The average Bonchev–Trinajstić information content (AvgIpc) is 2.06. The van der Waals surface area contributed by atoms with Gasteiger partial charge < -0.3 is 10.4 Å². The van der Waals surface area contributed by atoms with E-state index in [1.54, 1.807) is 6.20 Å². The highest BCUT2D eigenvalue weighted by atomic mass is 16.3. The van der Waals surface area contributed by atoms with E-state index in [1.165, 1.54) is 0 Å². The lowest BCUT2D eigenvalue weighted by atomic mass is 10.3. The number of pyridine rings is 1. The Morgan fingerprint density at radius 1 is 1.64 bits per heavy atom. The van der Waals surface area contributed by atoms with Gasteiger partial charge in [0.05, 0.1) is 6.61 Å². The van der Waals surface area contributed by atoms with Gasteiger partial charge in [-0.2, -0.15) is 0 Å². The fraction of sp³-hybridized carbons (Fsp3) is 0.375. The van der Waals surface area contributed by atoms with E-state index in [9.17, 15) is 0 Å². The van der Waals surface area contributed by atoms with Crippen LogP contribution in [0.5, 0.6) is 0 Å². The Balaban J connectivity index is 2.51. The number of nitrogens with zero attached hydrogens (tertiary/aromatic N) is 1. The molecule has 0 saturated heterocycles. The second kappa shape index (κ2) is 3.93. The van der Waals surface area contributed by atoms with Crippen molar-refractivity contribution in [3.05, 3.63) is 24.4 Å². The smallest absolute Gasteiger partial charge is 0.126 e. The molecule has 2 N–H and O–H groups in total. The maximum Gasteiger partial charge on any atom is 0.126 e. The summed E-state index contributed by atoms with van der Waals surface area (Å²) in [5.41, 5.74) is 0. The molecule has 0 amide bonds. The van der Waals surface area contributed by atoms with Gasteiger partial charge >= 0.3 is 0 Å². The van der Waals surface area contributed by atoms with Gasteiger partial charge in [-0.1, -0.05) is 6.07 Å². The van der Waals surface area contributed by atoms with Crippen LogP contribution in [0.2, 0.25) is 0 Å². The summed E-state index contributed by atoms with van der Waals surface area (Å²) in [6, 6.07) is 5.69. The molecule has 0 fully saturated rings. The Labute approximate surface area is 66.1 Å². The van der Waals surface area contributed by atoms with Crippen molar-refractivity contribution in [3.8, 4) is 0 Å². The van der Waals surface area contributed by atoms with Gasteiger partial charge in [0.2, 0.25) is 0 Å². The summed E-state index contributed by atoms with van der Waals surface area (Å²) in [5.74, 6) is 0.800. The van der Waals surface area contributed by atoms with Crippen LogP contribution in [0.4, 0.5) is 5.82 Å². The predicted octanol–water partition coefficient (Wildman–Crippen LogP) is 0.874. The van der Waals surface area contributed by atoms with Crippen molar-refractivity contribution < 1.29 is 5.11 Å². The molecule has 0 aliphatic carbocycles. The monoisotopic (exact) mass is 152 g/mol. The molecule has 1 rings (SSSR count). The van der Waals surface area contributed by atoms with Crippen molar-refractivity contribution in [2.24, 2.45) is 0 Å². The summed E-state index contributed by atoms with van der Waals surface area (Å²) in [4.78, 5) is 4.04. The zero-order valence-electron chi connectivity index (χ0n) is 6.49. The molecule has 0 spiro atoms. The van der Waals surface area contributed by atoms with E-state index >= 15 is 0 Å². The molecule has 1 aromatic heterocycles. The largest absolute Gasteiger partial charge is 0.394 e. The second-order valence-electron chi connectivity index (χ2n) is 2.44. The molecule has 3 heteroatoms. The molecule has 0 bridgehead atoms. The van der Waals surface area contributed by atoms with Crippen LogP contribution in [0.25, 0.3) is 0 Å². The van der Waals surface area contributed by atoms with Crippen LogP contribution in [0.15, 0.2) is 24.4 Å². The van der Waals surface area contributed by atoms with Gasteiger partial charge in [-0.3, -0.25) is 0 Å². The van der Waals surface area contributed by atoms with Crippen molar-refractivity contribution in [2.45, 2.75) is 13.0 Å². The van der Waals surface area contributed by atoms with Gasteiger partial charge in [-0.25, -0.2) is 4.98 Å². The van der Waals surface area contributed by atoms with Gasteiger partial charge in [0.25, 0.3) is 0 Å². The Morgan fingerprint density at radius 2 is 2.45 bits per heavy atom. The van der Waals surface area contributed by atoms with Crippen molar-refractivity contribution in [1.82, 2.24) is 4.98 Å². The zero-order chi connectivity index (χ0) is 8.10. The fourth-order valence-corrected chi connectivity index (χ4v) is 0.746. The minimum atomic E-state index is 0.0601. The molecule has 1 atom stereocenters. The van der Waals surface area contributed by atoms with Crippen molar-refractivity contribution in [2.75, 3.05) is 11.9 Å². The lowest BCUT2D eigenvalue weighted by molar-refractivity contribution is 0.281. The summed E-state index contributed by atoms with van der Waals surface area (Å²) in [5, 5.41) is 11.7. The number of nitrogens with one attached hydrogen (secondary N) is 1. The number of hydrogen-bond donors (Lipinski definition) is 2. The average molecular weight is 152 g/mol. The SMILES string of the molecule is C[C@H](CO)Nc1ccccn1. The third-order valence-electron chi connectivity index (χ3n) is 1.33. The second-order valence-corrected chi connectivity index (χ2v) is 2.44. The molecule has 11 heavy (non-hydrogen) atoms. The van der Waals surface area contributed by atoms with E-state index in [-0.39, 0.29) is 12.6 Å². The van der Waals surface area contributed by atoms with Gasteiger partial charge in [0.15, 0.2) is 0 Å². The molecule has 0 aromatic carbocycles. The molecule has 3 nitrogen and oxygen atoms in total. The van der Waals surface area contributed by atoms with Crippen LogP contribution in [0.1, 0.15) is 6.92 Å². The molecular formula is C8H12N2O. The first-order valence-electron chi connectivity index (χ1n) is 3.61. The number of rotatable bonds is 3. The fourth-order valence-electron chi connectivity index (χ4n) is 0.746. The Morgan fingerprint density at radius 3 is 3.00 bits per heavy atom. The zero-order valence-corrected chi connectivity index (χ0v) is 6.49. The Bertz CT molecular complexity index is 201. The minimum absolute atomic E-state index is 0.0601. The van der Waals surface area contributed by atoms with Crippen LogP contribution in [-0.2, 0) is 0 Å². The van der Waals surface area contributed by atoms with Crippen LogP contribution in [-0.4, -0.2) is 22.7 Å². The number of anilines is 1. The summed E-state index contributed by atoms with van der Waals surface area (Å²) in [6.45, 7) is 2.02. The highest BCUT2D eigenvalue weighted by Gasteiger charge is 1.97. The molecule has 1 aromatic rings. The van der Waals surface area contributed by atoms with Gasteiger partial charge in [-0.05, 0) is 19.1 Å². The molecule has 60 valence electrons. The van der Waals surface area contributed by atoms with E-state index in [0.29, 0.717) is 0 Å². The molecule has 0 unspecified atom stereocenters. The molecule has 0 radical (unpaired) electrons. The van der Waals surface area contributed by atoms with Crippen molar-refractivity contribution in [3.63, 3.8) is 0 Å². The highest BCUT2D eigenvalue weighted by molar-refractivity contribution is 5.33. The van der Waals surface area contributed by atoms with E-state index in [1.807, 2.05) is 25.1 Å². The van der Waals surface area contributed by atoms with E-state index in [0.717, 1.165) is 5.82 Å². The van der Waals surface area contributed by atoms with Crippen LogP contribution >= 0.6 is 0 Å². The van der Waals surface area contributed by atoms with Gasteiger partial charge in [0.1, 0.15) is 5.82 Å². The maximum atomic E-state index is 8.71. The maximum absolute atomic E-state index is 8.71. The normalized spacial score (nSPS) is 12.5. The van der Waals surface area contributed by atoms with Gasteiger partial charge in [0, 0.05) is 12.2 Å². The van der Waals surface area contributed by atoms with Crippen LogP contribution < -0.4 is 5.32 Å². The van der Waals surface area contributed by atoms with Crippen molar-refractivity contribution in [1.29, 1.82) is 0 Å². The molecular weight excluding hydrogens is 140 g/mol. The third-order valence-corrected chi connectivity index (χ3v) is 1.33. The van der Waals surface area contributed by atoms with Crippen molar-refractivity contribution >= 4 is 5.82 Å². The first kappa shape index (κ1) is 8.01. The third kappa shape index (κ3) is 2.55. The molecule has 0 aliphatic rings. The van der Waals surface area contributed by atoms with Gasteiger partial charge in [-0.15, -0.1) is 0 Å². The van der Waals surface area contributed by atoms with E-state index < -0.39 is 0 Å². The van der Waals surface area contributed by atoms with E-state index in [2.05, 4.69) is 10.3 Å². The number of aliphatic hydroxyl groups is 1. The molecule has 0 saturated carbocycles. The Kier molecular flexibility index (Phi) is 2.86. The molecule has 0 aliphatic heterocycles. The summed E-state index contributed by atoms with van der Waals surface area (Å²) >= 11 is 0. The molecule has 1 heterocycles.